The number of thiazole rings is 1. The number of nitrogens with zero attached hydrogens (tertiary/aromatic N) is 3. The van der Waals surface area contributed by atoms with Crippen LogP contribution in [0.3, 0.4) is 0 Å². The van der Waals surface area contributed by atoms with E-state index in [4.69, 9.17) is 4.74 Å². The molecule has 1 unspecified atom stereocenters. The van der Waals surface area contributed by atoms with E-state index in [2.05, 4.69) is 9.97 Å². The zero-order chi connectivity index (χ0) is 25.5. The molecule has 2 heterocycles. The largest absolute Gasteiger partial charge is 0.415 e. The van der Waals surface area contributed by atoms with Crippen LogP contribution in [0, 0.1) is 5.92 Å². The monoisotopic (exact) mass is 519 g/mol. The maximum absolute atomic E-state index is 14.1. The van der Waals surface area contributed by atoms with Crippen LogP contribution >= 0.6 is 11.3 Å². The maximum Gasteiger partial charge on any atom is 0.415 e. The van der Waals surface area contributed by atoms with Gasteiger partial charge in [-0.05, 0) is 43.9 Å². The number of hydrogen-bond donors (Lipinski definition) is 0. The molecule has 1 amide bonds. The molecule has 2 aliphatic rings. The lowest BCUT2D eigenvalue weighted by Gasteiger charge is -2.32. The molecule has 5 nitrogen and oxygen atoms in total. The fourth-order valence-corrected chi connectivity index (χ4v) is 5.53. The van der Waals surface area contributed by atoms with E-state index < -0.39 is 17.9 Å². The Morgan fingerprint density at radius 1 is 1.17 bits per heavy atom. The second kappa shape index (κ2) is 12.1. The molecule has 0 aliphatic heterocycles. The molecular formula is C27H32F3N3O2S. The molecule has 0 aromatic carbocycles. The van der Waals surface area contributed by atoms with E-state index in [0.29, 0.717) is 16.5 Å². The highest BCUT2D eigenvalue weighted by molar-refractivity contribution is 7.14. The number of rotatable bonds is 9. The quantitative estimate of drug-likeness (QED) is 0.323. The van der Waals surface area contributed by atoms with Crippen LogP contribution in [-0.4, -0.2) is 34.8 Å². The average molecular weight is 520 g/mol. The topological polar surface area (TPSA) is 55.3 Å². The molecule has 2 aromatic rings. The minimum atomic E-state index is -4.56. The van der Waals surface area contributed by atoms with Crippen molar-refractivity contribution >= 4 is 22.4 Å². The van der Waals surface area contributed by atoms with Gasteiger partial charge in [-0.3, -0.25) is 14.7 Å². The number of hydrogen-bond acceptors (Lipinski definition) is 5. The zero-order valence-corrected chi connectivity index (χ0v) is 21.3. The van der Waals surface area contributed by atoms with E-state index in [1.54, 1.807) is 23.7 Å². The van der Waals surface area contributed by atoms with Gasteiger partial charge in [0.2, 0.25) is 5.91 Å². The Hall–Kier alpha value is -2.52. The van der Waals surface area contributed by atoms with Crippen LogP contribution in [0.2, 0.25) is 0 Å². The van der Waals surface area contributed by atoms with Crippen molar-refractivity contribution < 1.29 is 22.7 Å². The van der Waals surface area contributed by atoms with Crippen LogP contribution < -0.4 is 4.90 Å². The molecular weight excluding hydrogens is 487 g/mol. The lowest BCUT2D eigenvalue weighted by atomic mass is 9.88. The Morgan fingerprint density at radius 3 is 2.67 bits per heavy atom. The van der Waals surface area contributed by atoms with Crippen molar-refractivity contribution in [2.24, 2.45) is 5.92 Å². The summed E-state index contributed by atoms with van der Waals surface area (Å²) in [6.45, 7) is 2.31. The van der Waals surface area contributed by atoms with Gasteiger partial charge in [0, 0.05) is 29.8 Å². The number of ether oxygens (including phenoxy) is 1. The molecule has 2 aliphatic carbocycles. The van der Waals surface area contributed by atoms with Gasteiger partial charge in [-0.2, -0.15) is 13.2 Å². The van der Waals surface area contributed by atoms with Crippen LogP contribution in [-0.2, 0) is 9.53 Å². The molecule has 1 atom stereocenters. The second-order valence-electron chi connectivity index (χ2n) is 9.27. The predicted molar refractivity (Wildman–Crippen MR) is 136 cm³/mol. The smallest absolute Gasteiger partial charge is 0.373 e. The molecule has 1 saturated carbocycles. The van der Waals surface area contributed by atoms with Gasteiger partial charge in [-0.1, -0.05) is 51.2 Å². The van der Waals surface area contributed by atoms with Crippen LogP contribution in [0.5, 0.6) is 0 Å². The number of aromatic nitrogens is 2. The molecule has 4 rings (SSSR count). The van der Waals surface area contributed by atoms with Gasteiger partial charge in [0.05, 0.1) is 17.4 Å². The van der Waals surface area contributed by atoms with Crippen molar-refractivity contribution in [3.05, 3.63) is 53.2 Å². The second-order valence-corrected chi connectivity index (χ2v) is 10.1. The van der Waals surface area contributed by atoms with Gasteiger partial charge in [-0.15, -0.1) is 11.3 Å². The predicted octanol–water partition coefficient (Wildman–Crippen LogP) is 7.47. The number of unbranched alkanes of at least 4 members (excludes halogenated alkanes) is 2. The summed E-state index contributed by atoms with van der Waals surface area (Å²) < 4.78 is 47.9. The summed E-state index contributed by atoms with van der Waals surface area (Å²) >= 11 is 1.24. The number of allylic oxidation sites excluding steroid dienone is 1. The van der Waals surface area contributed by atoms with E-state index in [1.807, 2.05) is 19.1 Å². The SMILES string of the molecule is CCCCCOC1CC=C(N(C(=O)C2CCCCC2)c2nc(-c3ccccn3)cs2)C=C1C(F)(F)F. The van der Waals surface area contributed by atoms with Gasteiger partial charge in [-0.25, -0.2) is 4.98 Å². The number of pyridine rings is 1. The summed E-state index contributed by atoms with van der Waals surface area (Å²) in [6, 6.07) is 5.45. The van der Waals surface area contributed by atoms with E-state index in [0.717, 1.165) is 57.4 Å². The molecule has 36 heavy (non-hydrogen) atoms. The van der Waals surface area contributed by atoms with Gasteiger partial charge < -0.3 is 4.74 Å². The fraction of sp³-hybridized carbons (Fsp3) is 0.519. The zero-order valence-electron chi connectivity index (χ0n) is 20.5. The van der Waals surface area contributed by atoms with Crippen molar-refractivity contribution in [2.45, 2.75) is 77.0 Å². The van der Waals surface area contributed by atoms with Crippen molar-refractivity contribution in [1.82, 2.24) is 9.97 Å². The first-order chi connectivity index (χ1) is 17.4. The van der Waals surface area contributed by atoms with Crippen molar-refractivity contribution in [3.63, 3.8) is 0 Å². The van der Waals surface area contributed by atoms with E-state index in [-0.39, 0.29) is 30.5 Å². The summed E-state index contributed by atoms with van der Waals surface area (Å²) in [4.78, 5) is 24.1. The number of carbonyl (C=O) groups is 1. The van der Waals surface area contributed by atoms with E-state index in [1.165, 1.54) is 16.2 Å². The summed E-state index contributed by atoms with van der Waals surface area (Å²) in [6.07, 6.45) is 5.86. The third-order valence-electron chi connectivity index (χ3n) is 6.63. The third-order valence-corrected chi connectivity index (χ3v) is 7.46. The van der Waals surface area contributed by atoms with Crippen molar-refractivity contribution in [3.8, 4) is 11.4 Å². The normalized spacial score (nSPS) is 19.1. The molecule has 9 heteroatoms. The van der Waals surface area contributed by atoms with E-state index in [9.17, 15) is 18.0 Å². The first kappa shape index (κ1) is 26.5. The van der Waals surface area contributed by atoms with Gasteiger partial charge in [0.25, 0.3) is 0 Å². The molecule has 2 aromatic heterocycles. The summed E-state index contributed by atoms with van der Waals surface area (Å²) in [5, 5.41) is 2.15. The Kier molecular flexibility index (Phi) is 8.95. The summed E-state index contributed by atoms with van der Waals surface area (Å²) in [7, 11) is 0. The molecule has 0 spiro atoms. The lowest BCUT2D eigenvalue weighted by molar-refractivity contribution is -0.123. The van der Waals surface area contributed by atoms with E-state index >= 15 is 0 Å². The maximum atomic E-state index is 14.1. The Morgan fingerprint density at radius 2 is 1.97 bits per heavy atom. The van der Waals surface area contributed by atoms with Crippen LogP contribution in [0.15, 0.2) is 53.2 Å². The Bertz CT molecular complexity index is 1080. The Balaban J connectivity index is 1.66. The van der Waals surface area contributed by atoms with Crippen molar-refractivity contribution in [1.29, 1.82) is 0 Å². The fourth-order valence-electron chi connectivity index (χ4n) is 4.68. The third kappa shape index (κ3) is 6.42. The summed E-state index contributed by atoms with van der Waals surface area (Å²) in [5.74, 6) is -0.421. The molecule has 0 radical (unpaired) electrons. The minimum absolute atomic E-state index is 0.0553. The highest BCUT2D eigenvalue weighted by Crippen LogP contribution is 2.39. The number of amides is 1. The number of alkyl halides is 3. The molecule has 0 saturated heterocycles. The first-order valence-corrected chi connectivity index (χ1v) is 13.6. The first-order valence-electron chi connectivity index (χ1n) is 12.7. The van der Waals surface area contributed by atoms with Crippen LogP contribution in [0.4, 0.5) is 18.3 Å². The molecule has 194 valence electrons. The lowest BCUT2D eigenvalue weighted by Crippen LogP contribution is -2.38. The molecule has 0 bridgehead atoms. The van der Waals surface area contributed by atoms with Gasteiger partial charge in [0.15, 0.2) is 5.13 Å². The van der Waals surface area contributed by atoms with Crippen LogP contribution in [0.1, 0.15) is 64.7 Å². The summed E-state index contributed by atoms with van der Waals surface area (Å²) in [5.41, 5.74) is 0.702. The van der Waals surface area contributed by atoms with Crippen LogP contribution in [0.25, 0.3) is 11.4 Å². The minimum Gasteiger partial charge on any atom is -0.373 e. The number of carbonyl (C=O) groups excluding carboxylic acids is 1. The Labute approximate surface area is 214 Å². The highest BCUT2D eigenvalue weighted by atomic mass is 32.1. The molecule has 1 fully saturated rings. The van der Waals surface area contributed by atoms with Gasteiger partial charge >= 0.3 is 6.18 Å². The number of anilines is 1. The highest BCUT2D eigenvalue weighted by Gasteiger charge is 2.42. The van der Waals surface area contributed by atoms with Crippen molar-refractivity contribution in [2.75, 3.05) is 11.5 Å². The standard InChI is InChI=1S/C27H32F3N3O2S/c1-2-3-9-16-35-24-14-13-20(17-21(24)27(28,29)30)33(25(34)19-10-5-4-6-11-19)26-32-23(18-36-26)22-12-7-8-15-31-22/h7-8,12-13,15,17-19,24H,2-6,9-11,14,16H2,1H3. The average Bonchev–Trinajstić information content (AvgIpc) is 3.37. The number of halogens is 3. The molecule has 0 N–H and O–H groups in total. The van der Waals surface area contributed by atoms with Gasteiger partial charge in [0.1, 0.15) is 5.69 Å².